The first kappa shape index (κ1) is 31.7. The van der Waals surface area contributed by atoms with Crippen LogP contribution in [0.1, 0.15) is 202 Å². The largest absolute Gasteiger partial charge is 0.0648 e. The lowest BCUT2D eigenvalue weighted by atomic mass is 9.74. The van der Waals surface area contributed by atoms with Gasteiger partial charge in [-0.1, -0.05) is 107 Å². The van der Waals surface area contributed by atoms with Crippen molar-refractivity contribution in [2.45, 2.75) is 164 Å². The van der Waals surface area contributed by atoms with Gasteiger partial charge in [-0.15, -0.1) is 0 Å². The van der Waals surface area contributed by atoms with E-state index >= 15 is 0 Å². The molecule has 0 aromatic heterocycles. The van der Waals surface area contributed by atoms with Crippen LogP contribution in [0.2, 0.25) is 0 Å². The molecule has 0 heteroatoms. The molecule has 0 fully saturated rings. The van der Waals surface area contributed by atoms with Crippen molar-refractivity contribution >= 4 is 0 Å². The van der Waals surface area contributed by atoms with Crippen LogP contribution in [0.25, 0.3) is 0 Å². The van der Waals surface area contributed by atoms with E-state index in [9.17, 15) is 0 Å². The number of hydrogen-bond acceptors (Lipinski definition) is 0. The van der Waals surface area contributed by atoms with Crippen molar-refractivity contribution in [3.05, 3.63) is 68.8 Å². The Kier molecular flexibility index (Phi) is 12.5. The summed E-state index contributed by atoms with van der Waals surface area (Å²) in [5.41, 5.74) is 13.0. The molecule has 0 aliphatic heterocycles. The predicted octanol–water partition coefficient (Wildman–Crippen LogP) is 12.4. The lowest BCUT2D eigenvalue weighted by Crippen LogP contribution is -2.15. The zero-order chi connectivity index (χ0) is 27.9. The van der Waals surface area contributed by atoms with E-state index in [-0.39, 0.29) is 0 Å². The summed E-state index contributed by atoms with van der Waals surface area (Å²) >= 11 is 0. The topological polar surface area (TPSA) is 0 Å². The minimum atomic E-state index is 0.587. The van der Waals surface area contributed by atoms with E-state index in [1.165, 1.54) is 38.5 Å². The number of hydrogen-bond donors (Lipinski definition) is 0. The zero-order valence-corrected chi connectivity index (χ0v) is 26.7. The third-order valence-electron chi connectivity index (χ3n) is 9.91. The summed E-state index contributed by atoms with van der Waals surface area (Å²) in [5.74, 6) is 3.61. The first-order valence-corrected chi connectivity index (χ1v) is 15.9. The standard InChI is InChI=1S/C37H60/c1-13-24(7)32-21-19-30(34(26(9)15-3)36(32)28(11)17-5)23-31-20-22-33(25(8)14-2)37(29(12)18-6)35(31)27(10)16-4/h19-22,24-29H,13-18,23H2,1-12H3. The number of rotatable bonds is 14. The van der Waals surface area contributed by atoms with Crippen LogP contribution in [-0.2, 0) is 6.42 Å². The van der Waals surface area contributed by atoms with E-state index < -0.39 is 0 Å². The molecular weight excluding hydrogens is 444 g/mol. The van der Waals surface area contributed by atoms with Crippen molar-refractivity contribution in [3.63, 3.8) is 0 Å². The van der Waals surface area contributed by atoms with E-state index in [0.717, 1.165) is 6.42 Å². The van der Waals surface area contributed by atoms with Gasteiger partial charge in [0.05, 0.1) is 0 Å². The first-order valence-electron chi connectivity index (χ1n) is 15.9. The minimum absolute atomic E-state index is 0.587. The average Bonchev–Trinajstić information content (AvgIpc) is 2.93. The Morgan fingerprint density at radius 3 is 0.919 bits per heavy atom. The molecule has 0 N–H and O–H groups in total. The third kappa shape index (κ3) is 6.91. The smallest absolute Gasteiger partial charge is 0.00199 e. The molecule has 0 heterocycles. The molecule has 2 rings (SSSR count). The van der Waals surface area contributed by atoms with Crippen molar-refractivity contribution in [1.29, 1.82) is 0 Å². The van der Waals surface area contributed by atoms with Crippen molar-refractivity contribution in [1.82, 2.24) is 0 Å². The highest BCUT2D eigenvalue weighted by Gasteiger charge is 2.26. The highest BCUT2D eigenvalue weighted by Crippen LogP contribution is 2.43. The van der Waals surface area contributed by atoms with Crippen molar-refractivity contribution < 1.29 is 0 Å². The lowest BCUT2D eigenvalue weighted by Gasteiger charge is -2.31. The maximum absolute atomic E-state index is 2.51. The molecule has 0 aliphatic carbocycles. The van der Waals surface area contributed by atoms with Crippen LogP contribution in [0.4, 0.5) is 0 Å². The van der Waals surface area contributed by atoms with Gasteiger partial charge in [-0.05, 0) is 125 Å². The highest BCUT2D eigenvalue weighted by atomic mass is 14.3. The fraction of sp³-hybridized carbons (Fsp3) is 0.676. The van der Waals surface area contributed by atoms with Crippen LogP contribution in [0, 0.1) is 0 Å². The van der Waals surface area contributed by atoms with Crippen LogP contribution >= 0.6 is 0 Å². The second kappa shape index (κ2) is 14.6. The Morgan fingerprint density at radius 2 is 0.649 bits per heavy atom. The Bertz CT molecular complexity index is 901. The molecule has 2 aromatic carbocycles. The van der Waals surface area contributed by atoms with Gasteiger partial charge in [-0.3, -0.25) is 0 Å². The summed E-state index contributed by atoms with van der Waals surface area (Å²) in [6, 6.07) is 10.0. The van der Waals surface area contributed by atoms with Crippen LogP contribution in [-0.4, -0.2) is 0 Å². The van der Waals surface area contributed by atoms with Gasteiger partial charge in [-0.2, -0.15) is 0 Å². The van der Waals surface area contributed by atoms with Gasteiger partial charge < -0.3 is 0 Å². The van der Waals surface area contributed by atoms with Crippen LogP contribution in [0.3, 0.4) is 0 Å². The van der Waals surface area contributed by atoms with Crippen molar-refractivity contribution in [2.24, 2.45) is 0 Å². The fourth-order valence-electron chi connectivity index (χ4n) is 6.29. The highest BCUT2D eigenvalue weighted by molar-refractivity contribution is 5.52. The molecule has 0 radical (unpaired) electrons. The molecule has 6 unspecified atom stereocenters. The second-order valence-corrected chi connectivity index (χ2v) is 12.3. The van der Waals surface area contributed by atoms with Gasteiger partial charge in [0, 0.05) is 0 Å². The van der Waals surface area contributed by atoms with Crippen molar-refractivity contribution in [2.75, 3.05) is 0 Å². The second-order valence-electron chi connectivity index (χ2n) is 12.3. The molecule has 0 saturated heterocycles. The van der Waals surface area contributed by atoms with Crippen molar-refractivity contribution in [3.8, 4) is 0 Å². The van der Waals surface area contributed by atoms with Gasteiger partial charge in [0.25, 0.3) is 0 Å². The molecule has 0 spiro atoms. The van der Waals surface area contributed by atoms with Crippen LogP contribution < -0.4 is 0 Å². The Labute approximate surface area is 232 Å². The first-order chi connectivity index (χ1) is 17.6. The van der Waals surface area contributed by atoms with Crippen LogP contribution in [0.5, 0.6) is 0 Å². The SMILES string of the molecule is CCC(C)c1ccc(Cc2ccc(C(C)CC)c(C(C)CC)c2C(C)CC)c(C(C)CC)c1C(C)CC. The molecule has 0 amide bonds. The van der Waals surface area contributed by atoms with Crippen LogP contribution in [0.15, 0.2) is 24.3 Å². The van der Waals surface area contributed by atoms with Gasteiger partial charge >= 0.3 is 0 Å². The van der Waals surface area contributed by atoms with E-state index in [2.05, 4.69) is 107 Å². The van der Waals surface area contributed by atoms with Gasteiger partial charge in [-0.25, -0.2) is 0 Å². The normalized spacial score (nSPS) is 16.8. The van der Waals surface area contributed by atoms with E-state index in [0.29, 0.717) is 35.5 Å². The lowest BCUT2D eigenvalue weighted by molar-refractivity contribution is 0.634. The summed E-state index contributed by atoms with van der Waals surface area (Å²) in [7, 11) is 0. The monoisotopic (exact) mass is 504 g/mol. The summed E-state index contributed by atoms with van der Waals surface area (Å²) in [6.07, 6.45) is 8.28. The molecule has 0 saturated carbocycles. The predicted molar refractivity (Wildman–Crippen MR) is 168 cm³/mol. The van der Waals surface area contributed by atoms with E-state index in [1.807, 2.05) is 0 Å². The average molecular weight is 505 g/mol. The Morgan fingerprint density at radius 1 is 0.378 bits per heavy atom. The molecule has 0 bridgehead atoms. The maximum atomic E-state index is 2.51. The Balaban J connectivity index is 2.88. The maximum Gasteiger partial charge on any atom is -0.00199 e. The summed E-state index contributed by atoms with van der Waals surface area (Å²) in [4.78, 5) is 0. The molecule has 208 valence electrons. The Hall–Kier alpha value is -1.56. The zero-order valence-electron chi connectivity index (χ0n) is 26.7. The molecule has 6 atom stereocenters. The summed E-state index contributed by atoms with van der Waals surface area (Å²) < 4.78 is 0. The van der Waals surface area contributed by atoms with E-state index in [4.69, 9.17) is 0 Å². The molecular formula is C37H60. The van der Waals surface area contributed by atoms with Gasteiger partial charge in [0.1, 0.15) is 0 Å². The molecule has 0 nitrogen and oxygen atoms in total. The van der Waals surface area contributed by atoms with E-state index in [1.54, 1.807) is 44.5 Å². The summed E-state index contributed by atoms with van der Waals surface area (Å²) in [6.45, 7) is 28.9. The fourth-order valence-corrected chi connectivity index (χ4v) is 6.29. The van der Waals surface area contributed by atoms with Gasteiger partial charge in [0.2, 0.25) is 0 Å². The van der Waals surface area contributed by atoms with Gasteiger partial charge in [0.15, 0.2) is 0 Å². The molecule has 2 aromatic rings. The number of benzene rings is 2. The quantitative estimate of drug-likeness (QED) is 0.240. The minimum Gasteiger partial charge on any atom is -0.0648 e. The summed E-state index contributed by atoms with van der Waals surface area (Å²) in [5, 5.41) is 0. The molecule has 0 aliphatic rings. The third-order valence-corrected chi connectivity index (χ3v) is 9.91. The molecule has 37 heavy (non-hydrogen) atoms.